The molecule has 6 nitrogen and oxygen atoms in total. The van der Waals surface area contributed by atoms with E-state index in [1.54, 1.807) is 0 Å². The van der Waals surface area contributed by atoms with E-state index in [4.69, 9.17) is 14.2 Å². The van der Waals surface area contributed by atoms with E-state index < -0.39 is 0 Å². The minimum absolute atomic E-state index is 0.0614. The summed E-state index contributed by atoms with van der Waals surface area (Å²) in [6.07, 6.45) is 0.585. The second-order valence-electron chi connectivity index (χ2n) is 5.49. The molecule has 0 fully saturated rings. The maximum atomic E-state index is 11.2. The summed E-state index contributed by atoms with van der Waals surface area (Å²) in [5, 5.41) is 0. The molecule has 0 bridgehead atoms. The number of ether oxygens (including phenoxy) is 3. The van der Waals surface area contributed by atoms with E-state index in [0.717, 1.165) is 21.2 Å². The first kappa shape index (κ1) is 18.8. The van der Waals surface area contributed by atoms with Crippen molar-refractivity contribution >= 4 is 22.2 Å². The molecule has 0 unspecified atom stereocenters. The molecule has 0 saturated heterocycles. The standard InChI is InChI=1S/C20H17BrN2O4/c1-25-18-16(11-24)19(26-2)23-20(22-18)27-12-14-9-6-10-15(17(14)21)13-7-4-3-5-8-13/h3-11H,12H2,1-2H3. The van der Waals surface area contributed by atoms with Crippen LogP contribution in [-0.4, -0.2) is 30.5 Å². The van der Waals surface area contributed by atoms with Crippen LogP contribution in [-0.2, 0) is 6.61 Å². The van der Waals surface area contributed by atoms with Gasteiger partial charge < -0.3 is 14.2 Å². The largest absolute Gasteiger partial charge is 0.480 e. The highest BCUT2D eigenvalue weighted by Gasteiger charge is 2.17. The summed E-state index contributed by atoms with van der Waals surface area (Å²) in [6, 6.07) is 16.1. The highest BCUT2D eigenvalue weighted by atomic mass is 79.9. The number of hydrogen-bond donors (Lipinski definition) is 0. The lowest BCUT2D eigenvalue weighted by Crippen LogP contribution is -2.06. The first-order valence-corrected chi connectivity index (χ1v) is 8.88. The molecule has 0 atom stereocenters. The molecule has 0 aliphatic carbocycles. The van der Waals surface area contributed by atoms with Crippen molar-refractivity contribution in [3.05, 3.63) is 64.1 Å². The monoisotopic (exact) mass is 428 g/mol. The van der Waals surface area contributed by atoms with E-state index >= 15 is 0 Å². The summed E-state index contributed by atoms with van der Waals surface area (Å²) in [7, 11) is 2.83. The van der Waals surface area contributed by atoms with Crippen molar-refractivity contribution in [1.82, 2.24) is 9.97 Å². The maximum Gasteiger partial charge on any atom is 0.323 e. The predicted octanol–water partition coefficient (Wildman–Crippen LogP) is 4.31. The Hall–Kier alpha value is -2.93. The zero-order chi connectivity index (χ0) is 19.2. The van der Waals surface area contributed by atoms with Crippen molar-refractivity contribution in [1.29, 1.82) is 0 Å². The van der Waals surface area contributed by atoms with E-state index in [9.17, 15) is 4.79 Å². The van der Waals surface area contributed by atoms with Gasteiger partial charge in [-0.25, -0.2) is 0 Å². The number of hydrogen-bond acceptors (Lipinski definition) is 6. The Morgan fingerprint density at radius 2 is 1.63 bits per heavy atom. The molecule has 138 valence electrons. The zero-order valence-electron chi connectivity index (χ0n) is 14.8. The van der Waals surface area contributed by atoms with E-state index in [2.05, 4.69) is 25.9 Å². The molecule has 3 aromatic rings. The van der Waals surface area contributed by atoms with Crippen LogP contribution in [0.4, 0.5) is 0 Å². The number of benzene rings is 2. The molecular weight excluding hydrogens is 412 g/mol. The van der Waals surface area contributed by atoms with Gasteiger partial charge in [0.2, 0.25) is 11.8 Å². The van der Waals surface area contributed by atoms with Crippen LogP contribution in [0.1, 0.15) is 15.9 Å². The molecule has 0 aliphatic rings. The minimum atomic E-state index is 0.0614. The van der Waals surface area contributed by atoms with Crippen LogP contribution in [0.25, 0.3) is 11.1 Å². The van der Waals surface area contributed by atoms with Crippen LogP contribution in [0.2, 0.25) is 0 Å². The van der Waals surface area contributed by atoms with Gasteiger partial charge in [-0.2, -0.15) is 9.97 Å². The van der Waals surface area contributed by atoms with Crippen LogP contribution >= 0.6 is 15.9 Å². The van der Waals surface area contributed by atoms with E-state index in [1.807, 2.05) is 48.5 Å². The molecule has 3 rings (SSSR count). The number of nitrogens with zero attached hydrogens (tertiary/aromatic N) is 2. The molecule has 1 heterocycles. The van der Waals surface area contributed by atoms with Crippen LogP contribution in [0, 0.1) is 0 Å². The molecule has 0 aliphatic heterocycles. The Labute approximate surface area is 165 Å². The number of methoxy groups -OCH3 is 2. The summed E-state index contributed by atoms with van der Waals surface area (Å²) in [5.41, 5.74) is 3.22. The maximum absolute atomic E-state index is 11.2. The summed E-state index contributed by atoms with van der Waals surface area (Å²) in [5.74, 6) is 0.202. The SMILES string of the molecule is COc1nc(OCc2cccc(-c3ccccc3)c2Br)nc(OC)c1C=O. The Balaban J connectivity index is 1.86. The molecule has 1 aromatic heterocycles. The lowest BCUT2D eigenvalue weighted by molar-refractivity contribution is 0.111. The first-order chi connectivity index (χ1) is 13.2. The highest BCUT2D eigenvalue weighted by molar-refractivity contribution is 9.10. The van der Waals surface area contributed by atoms with Crippen LogP contribution < -0.4 is 14.2 Å². The molecular formula is C20H17BrN2O4. The molecule has 0 radical (unpaired) electrons. The Morgan fingerprint density at radius 1 is 0.963 bits per heavy atom. The molecule has 27 heavy (non-hydrogen) atoms. The second-order valence-corrected chi connectivity index (χ2v) is 6.28. The average molecular weight is 429 g/mol. The Kier molecular flexibility index (Phi) is 6.03. The van der Waals surface area contributed by atoms with Gasteiger partial charge in [-0.3, -0.25) is 4.79 Å². The topological polar surface area (TPSA) is 70.5 Å². The number of rotatable bonds is 7. The number of halogens is 1. The normalized spacial score (nSPS) is 10.3. The Bertz CT molecular complexity index is 923. The third-order valence-corrected chi connectivity index (χ3v) is 4.82. The summed E-state index contributed by atoms with van der Waals surface area (Å²) in [6.45, 7) is 0.230. The summed E-state index contributed by atoms with van der Waals surface area (Å²) < 4.78 is 16.9. The third-order valence-electron chi connectivity index (χ3n) is 3.88. The van der Waals surface area contributed by atoms with Crippen molar-refractivity contribution in [2.75, 3.05) is 14.2 Å². The van der Waals surface area contributed by atoms with Gasteiger partial charge in [0.05, 0.1) is 14.2 Å². The molecule has 0 N–H and O–H groups in total. The summed E-state index contributed by atoms with van der Waals surface area (Å²) in [4.78, 5) is 19.4. The fourth-order valence-electron chi connectivity index (χ4n) is 2.56. The molecule has 7 heteroatoms. The minimum Gasteiger partial charge on any atom is -0.480 e. The smallest absolute Gasteiger partial charge is 0.323 e. The lowest BCUT2D eigenvalue weighted by Gasteiger charge is -2.12. The lowest BCUT2D eigenvalue weighted by atomic mass is 10.0. The average Bonchev–Trinajstić information content (AvgIpc) is 2.72. The van der Waals surface area contributed by atoms with Gasteiger partial charge in [-0.05, 0) is 27.1 Å². The number of aldehydes is 1. The first-order valence-electron chi connectivity index (χ1n) is 8.08. The van der Waals surface area contributed by atoms with Gasteiger partial charge in [-0.15, -0.1) is 0 Å². The van der Waals surface area contributed by atoms with Crippen molar-refractivity contribution in [2.45, 2.75) is 6.61 Å². The quantitative estimate of drug-likeness (QED) is 0.522. The molecule has 2 aromatic carbocycles. The van der Waals surface area contributed by atoms with Crippen molar-refractivity contribution < 1.29 is 19.0 Å². The summed E-state index contributed by atoms with van der Waals surface area (Å²) >= 11 is 3.65. The number of aromatic nitrogens is 2. The van der Waals surface area contributed by atoms with Gasteiger partial charge in [0.15, 0.2) is 6.29 Å². The number of carbonyl (C=O) groups excluding carboxylic acids is 1. The predicted molar refractivity (Wildman–Crippen MR) is 104 cm³/mol. The van der Waals surface area contributed by atoms with Crippen molar-refractivity contribution in [3.8, 4) is 28.9 Å². The van der Waals surface area contributed by atoms with Crippen LogP contribution in [0.5, 0.6) is 17.8 Å². The Morgan fingerprint density at radius 3 is 2.22 bits per heavy atom. The van der Waals surface area contributed by atoms with Gasteiger partial charge >= 0.3 is 6.01 Å². The van der Waals surface area contributed by atoms with E-state index in [0.29, 0.717) is 6.29 Å². The fourth-order valence-corrected chi connectivity index (χ4v) is 3.17. The molecule has 0 amide bonds. The van der Waals surface area contributed by atoms with Crippen LogP contribution in [0.3, 0.4) is 0 Å². The van der Waals surface area contributed by atoms with E-state index in [-0.39, 0.29) is 29.9 Å². The van der Waals surface area contributed by atoms with Crippen molar-refractivity contribution in [2.24, 2.45) is 0 Å². The fraction of sp³-hybridized carbons (Fsp3) is 0.150. The van der Waals surface area contributed by atoms with Gasteiger partial charge in [0.1, 0.15) is 12.2 Å². The van der Waals surface area contributed by atoms with Crippen molar-refractivity contribution in [3.63, 3.8) is 0 Å². The van der Waals surface area contributed by atoms with Gasteiger partial charge in [0, 0.05) is 10.0 Å². The molecule has 0 saturated carbocycles. The van der Waals surface area contributed by atoms with Crippen LogP contribution in [0.15, 0.2) is 53.0 Å². The number of carbonyl (C=O) groups is 1. The van der Waals surface area contributed by atoms with Gasteiger partial charge in [0.25, 0.3) is 0 Å². The molecule has 0 spiro atoms. The van der Waals surface area contributed by atoms with Gasteiger partial charge in [-0.1, -0.05) is 48.5 Å². The second kappa shape index (κ2) is 8.64. The third kappa shape index (κ3) is 4.09. The zero-order valence-corrected chi connectivity index (χ0v) is 16.4. The highest BCUT2D eigenvalue weighted by Crippen LogP contribution is 2.32. The van der Waals surface area contributed by atoms with E-state index in [1.165, 1.54) is 14.2 Å².